The molecule has 134 valence electrons. The van der Waals surface area contributed by atoms with Gasteiger partial charge in [-0.15, -0.1) is 0 Å². The number of hydrogen-bond donors (Lipinski definition) is 1. The quantitative estimate of drug-likeness (QED) is 0.903. The van der Waals surface area contributed by atoms with Crippen LogP contribution < -0.4 is 5.56 Å². The van der Waals surface area contributed by atoms with Gasteiger partial charge in [-0.3, -0.25) is 14.7 Å². The number of aromatic amines is 1. The molecule has 1 aliphatic heterocycles. The van der Waals surface area contributed by atoms with Crippen LogP contribution in [0.3, 0.4) is 0 Å². The van der Waals surface area contributed by atoms with Gasteiger partial charge in [0, 0.05) is 31.1 Å². The van der Waals surface area contributed by atoms with Crippen LogP contribution in [0.25, 0.3) is 0 Å². The smallest absolute Gasteiger partial charge is 0.291 e. The van der Waals surface area contributed by atoms with E-state index < -0.39 is 0 Å². The molecule has 0 unspecified atom stereocenters. The molecular weight excluding hydrogens is 320 g/mol. The molecule has 0 aromatic carbocycles. The second-order valence-corrected chi connectivity index (χ2v) is 7.56. The average Bonchev–Trinajstić information content (AvgIpc) is 3.10. The Balaban J connectivity index is 1.63. The molecule has 1 N–H and O–H groups in total. The number of carbonyl (C=O) groups excluding carboxylic acids is 1. The molecule has 2 aromatic rings. The summed E-state index contributed by atoms with van der Waals surface area (Å²) < 4.78 is 1.57. The van der Waals surface area contributed by atoms with Crippen molar-refractivity contribution in [2.75, 3.05) is 13.1 Å². The standard InChI is InChI=1S/C17H24N6O2/c1-17(2,3)13-4-5-14(24)23(21-13)10-12-6-8-22(9-7-12)16(25)15-18-11-19-20-15/h4-5,11-12H,6-10H2,1-3H3,(H,18,19,20). The Bertz CT molecular complexity index is 782. The summed E-state index contributed by atoms with van der Waals surface area (Å²) in [5, 5.41) is 10.9. The van der Waals surface area contributed by atoms with Gasteiger partial charge in [-0.25, -0.2) is 9.67 Å². The molecule has 1 aliphatic rings. The van der Waals surface area contributed by atoms with Crippen molar-refractivity contribution < 1.29 is 4.79 Å². The van der Waals surface area contributed by atoms with Crippen LogP contribution in [0.1, 0.15) is 49.9 Å². The third kappa shape index (κ3) is 3.94. The first-order valence-electron chi connectivity index (χ1n) is 8.58. The fraction of sp³-hybridized carbons (Fsp3) is 0.588. The van der Waals surface area contributed by atoms with Crippen LogP contribution in [0.15, 0.2) is 23.3 Å². The zero-order valence-electron chi connectivity index (χ0n) is 14.9. The molecule has 0 aliphatic carbocycles. The van der Waals surface area contributed by atoms with Crippen LogP contribution in [0, 0.1) is 5.92 Å². The summed E-state index contributed by atoms with van der Waals surface area (Å²) in [6.07, 6.45) is 3.02. The van der Waals surface area contributed by atoms with Crippen molar-refractivity contribution in [1.29, 1.82) is 0 Å². The van der Waals surface area contributed by atoms with Crippen molar-refractivity contribution >= 4 is 5.91 Å². The van der Waals surface area contributed by atoms with E-state index in [1.165, 1.54) is 6.33 Å². The number of nitrogens with zero attached hydrogens (tertiary/aromatic N) is 5. The fourth-order valence-electron chi connectivity index (χ4n) is 3.00. The number of amides is 1. The summed E-state index contributed by atoms with van der Waals surface area (Å²) in [6.45, 7) is 8.14. The lowest BCUT2D eigenvalue weighted by molar-refractivity contribution is 0.0668. The van der Waals surface area contributed by atoms with E-state index in [1.54, 1.807) is 21.7 Å². The average molecular weight is 344 g/mol. The Morgan fingerprint density at radius 2 is 2.00 bits per heavy atom. The first-order chi connectivity index (χ1) is 11.8. The maximum Gasteiger partial charge on any atom is 0.291 e. The molecular formula is C17H24N6O2. The zero-order chi connectivity index (χ0) is 18.0. The van der Waals surface area contributed by atoms with Crippen LogP contribution in [0.5, 0.6) is 0 Å². The number of nitrogens with one attached hydrogen (secondary N) is 1. The van der Waals surface area contributed by atoms with Gasteiger partial charge < -0.3 is 4.90 Å². The van der Waals surface area contributed by atoms with Crippen LogP contribution >= 0.6 is 0 Å². The predicted octanol–water partition coefficient (Wildman–Crippen LogP) is 1.21. The molecule has 0 bridgehead atoms. The number of piperidine rings is 1. The fourth-order valence-corrected chi connectivity index (χ4v) is 3.00. The summed E-state index contributed by atoms with van der Waals surface area (Å²) in [7, 11) is 0. The van der Waals surface area contributed by atoms with Crippen molar-refractivity contribution in [3.05, 3.63) is 40.3 Å². The van der Waals surface area contributed by atoms with Crippen molar-refractivity contribution in [3.8, 4) is 0 Å². The molecule has 8 nitrogen and oxygen atoms in total. The lowest BCUT2D eigenvalue weighted by Crippen LogP contribution is -2.41. The van der Waals surface area contributed by atoms with Crippen molar-refractivity contribution in [1.82, 2.24) is 29.9 Å². The Morgan fingerprint density at radius 1 is 1.28 bits per heavy atom. The van der Waals surface area contributed by atoms with Crippen molar-refractivity contribution in [2.45, 2.75) is 45.6 Å². The maximum absolute atomic E-state index is 12.3. The minimum atomic E-state index is -0.124. The highest BCUT2D eigenvalue weighted by molar-refractivity contribution is 5.90. The van der Waals surface area contributed by atoms with E-state index in [1.807, 2.05) is 0 Å². The number of rotatable bonds is 3. The summed E-state index contributed by atoms with van der Waals surface area (Å²) in [5.41, 5.74) is 0.737. The van der Waals surface area contributed by atoms with E-state index in [0.29, 0.717) is 25.6 Å². The normalized spacial score (nSPS) is 16.2. The SMILES string of the molecule is CC(C)(C)c1ccc(=O)n(CC2CCN(C(=O)c3ncn[nH]3)CC2)n1. The van der Waals surface area contributed by atoms with Gasteiger partial charge in [0.25, 0.3) is 11.5 Å². The van der Waals surface area contributed by atoms with Crippen molar-refractivity contribution in [2.24, 2.45) is 5.92 Å². The number of aromatic nitrogens is 5. The van der Waals surface area contributed by atoms with Gasteiger partial charge in [0.05, 0.1) is 5.69 Å². The lowest BCUT2D eigenvalue weighted by Gasteiger charge is -2.31. The van der Waals surface area contributed by atoms with Gasteiger partial charge in [0.15, 0.2) is 0 Å². The molecule has 1 amide bonds. The highest BCUT2D eigenvalue weighted by Gasteiger charge is 2.26. The van der Waals surface area contributed by atoms with E-state index in [2.05, 4.69) is 41.1 Å². The Hall–Kier alpha value is -2.51. The van der Waals surface area contributed by atoms with Gasteiger partial charge >= 0.3 is 0 Å². The minimum Gasteiger partial charge on any atom is -0.336 e. The molecule has 0 atom stereocenters. The van der Waals surface area contributed by atoms with E-state index in [0.717, 1.165) is 18.5 Å². The minimum absolute atomic E-state index is 0.0758. The van der Waals surface area contributed by atoms with Crippen LogP contribution in [0.4, 0.5) is 0 Å². The second kappa shape index (κ2) is 6.78. The van der Waals surface area contributed by atoms with E-state index in [4.69, 9.17) is 0 Å². The molecule has 25 heavy (non-hydrogen) atoms. The van der Waals surface area contributed by atoms with Gasteiger partial charge in [0.1, 0.15) is 6.33 Å². The largest absolute Gasteiger partial charge is 0.336 e. The molecule has 1 saturated heterocycles. The van der Waals surface area contributed by atoms with E-state index >= 15 is 0 Å². The summed E-state index contributed by atoms with van der Waals surface area (Å²) in [6, 6.07) is 3.40. The predicted molar refractivity (Wildman–Crippen MR) is 92.2 cm³/mol. The van der Waals surface area contributed by atoms with E-state index in [-0.39, 0.29) is 22.7 Å². The molecule has 1 fully saturated rings. The van der Waals surface area contributed by atoms with Gasteiger partial charge in [-0.05, 0) is 24.8 Å². The highest BCUT2D eigenvalue weighted by atomic mass is 16.2. The molecule has 2 aromatic heterocycles. The topological polar surface area (TPSA) is 96.8 Å². The summed E-state index contributed by atoms with van der Waals surface area (Å²) in [4.78, 5) is 30.1. The van der Waals surface area contributed by atoms with Gasteiger partial charge in [0.2, 0.25) is 5.82 Å². The first-order valence-corrected chi connectivity index (χ1v) is 8.58. The molecule has 3 rings (SSSR count). The Labute approximate surface area is 146 Å². The van der Waals surface area contributed by atoms with Crippen molar-refractivity contribution in [3.63, 3.8) is 0 Å². The van der Waals surface area contributed by atoms with Crippen LogP contribution in [0.2, 0.25) is 0 Å². The zero-order valence-corrected chi connectivity index (χ0v) is 14.9. The lowest BCUT2D eigenvalue weighted by atomic mass is 9.92. The monoisotopic (exact) mass is 344 g/mol. The summed E-state index contributed by atoms with van der Waals surface area (Å²) in [5.74, 6) is 0.481. The van der Waals surface area contributed by atoms with Gasteiger partial charge in [-0.2, -0.15) is 10.2 Å². The van der Waals surface area contributed by atoms with E-state index in [9.17, 15) is 9.59 Å². The maximum atomic E-state index is 12.3. The second-order valence-electron chi connectivity index (χ2n) is 7.56. The molecule has 3 heterocycles. The number of H-pyrrole nitrogens is 1. The molecule has 0 saturated carbocycles. The van der Waals surface area contributed by atoms with Gasteiger partial charge in [-0.1, -0.05) is 20.8 Å². The summed E-state index contributed by atoms with van der Waals surface area (Å²) >= 11 is 0. The highest BCUT2D eigenvalue weighted by Crippen LogP contribution is 2.21. The third-order valence-electron chi connectivity index (χ3n) is 4.59. The number of hydrogen-bond acceptors (Lipinski definition) is 5. The van der Waals surface area contributed by atoms with Crippen LogP contribution in [-0.4, -0.2) is 48.9 Å². The molecule has 0 radical (unpaired) electrons. The Morgan fingerprint density at radius 3 is 2.60 bits per heavy atom. The third-order valence-corrected chi connectivity index (χ3v) is 4.59. The number of carbonyl (C=O) groups is 1. The molecule has 0 spiro atoms. The first kappa shape index (κ1) is 17.3. The molecule has 8 heteroatoms. The number of likely N-dealkylation sites (tertiary alicyclic amines) is 1. The Kier molecular flexibility index (Phi) is 4.69. The van der Waals surface area contributed by atoms with Crippen LogP contribution in [-0.2, 0) is 12.0 Å².